The minimum absolute atomic E-state index is 0.342. The minimum atomic E-state index is -0.931. The lowest BCUT2D eigenvalue weighted by Crippen LogP contribution is -1.93. The van der Waals surface area contributed by atoms with Gasteiger partial charge in [-0.3, -0.25) is 0 Å². The van der Waals surface area contributed by atoms with Crippen molar-refractivity contribution in [1.82, 2.24) is 0 Å². The molecule has 0 aliphatic carbocycles. The predicted octanol–water partition coefficient (Wildman–Crippen LogP) is 4.16. The van der Waals surface area contributed by atoms with E-state index in [1.807, 2.05) is 25.1 Å². The molecule has 0 saturated heterocycles. The van der Waals surface area contributed by atoms with E-state index < -0.39 is 6.17 Å². The lowest BCUT2D eigenvalue weighted by atomic mass is 10.1. The molecule has 0 radical (unpaired) electrons. The Labute approximate surface area is 88.4 Å². The summed E-state index contributed by atoms with van der Waals surface area (Å²) in [6.45, 7) is 1.98. The highest BCUT2D eigenvalue weighted by Gasteiger charge is 2.10. The first-order valence-electron chi connectivity index (χ1n) is 3.61. The van der Waals surface area contributed by atoms with Gasteiger partial charge >= 0.3 is 0 Å². The molecule has 0 saturated carbocycles. The third-order valence-corrected chi connectivity index (χ3v) is 2.88. The molecule has 1 rings (SSSR count). The van der Waals surface area contributed by atoms with Crippen LogP contribution >= 0.6 is 31.9 Å². The normalized spacial score (nSPS) is 13.0. The largest absolute Gasteiger partial charge is 0.241 e. The Bertz CT molecular complexity index is 273. The van der Waals surface area contributed by atoms with Crippen LogP contribution in [-0.2, 0) is 0 Å². The van der Waals surface area contributed by atoms with Crippen molar-refractivity contribution in [2.45, 2.75) is 13.1 Å². The van der Waals surface area contributed by atoms with Gasteiger partial charge in [-0.1, -0.05) is 44.0 Å². The average Bonchev–Trinajstić information content (AvgIpc) is 2.03. The number of hydrogen-bond donors (Lipinski definition) is 0. The third kappa shape index (κ3) is 2.30. The second-order valence-corrected chi connectivity index (χ2v) is 4.15. The van der Waals surface area contributed by atoms with Crippen LogP contribution in [-0.4, -0.2) is 5.33 Å². The molecule has 0 aliphatic heterocycles. The van der Waals surface area contributed by atoms with Gasteiger partial charge in [-0.15, -0.1) is 0 Å². The van der Waals surface area contributed by atoms with E-state index in [-0.39, 0.29) is 0 Å². The molecular weight excluding hydrogens is 287 g/mol. The lowest BCUT2D eigenvalue weighted by Gasteiger charge is -2.07. The molecule has 66 valence electrons. The Kier molecular flexibility index (Phi) is 3.72. The van der Waals surface area contributed by atoms with Crippen LogP contribution in [0, 0.1) is 6.92 Å². The van der Waals surface area contributed by atoms with Crippen LogP contribution in [0.3, 0.4) is 0 Å². The van der Waals surface area contributed by atoms with Crippen molar-refractivity contribution in [2.75, 3.05) is 5.33 Å². The van der Waals surface area contributed by atoms with E-state index in [0.717, 1.165) is 10.0 Å². The molecule has 0 aliphatic rings. The van der Waals surface area contributed by atoms with Crippen molar-refractivity contribution >= 4 is 31.9 Å². The first-order chi connectivity index (χ1) is 5.65. The van der Waals surface area contributed by atoms with Gasteiger partial charge in [0, 0.05) is 15.4 Å². The second kappa shape index (κ2) is 4.38. The number of rotatable bonds is 2. The molecule has 1 unspecified atom stereocenters. The zero-order chi connectivity index (χ0) is 9.14. The maximum atomic E-state index is 13.2. The maximum absolute atomic E-state index is 13.2. The number of aryl methyl sites for hydroxylation is 1. The molecule has 0 N–H and O–H groups in total. The zero-order valence-corrected chi connectivity index (χ0v) is 9.82. The molecule has 0 aromatic heterocycles. The molecule has 0 bridgehead atoms. The van der Waals surface area contributed by atoms with E-state index in [0.29, 0.717) is 10.9 Å². The standard InChI is InChI=1S/C9H9Br2F/c1-6-2-3-7(8(11)4-6)9(12)5-10/h2-4,9H,5H2,1H3. The predicted molar refractivity (Wildman–Crippen MR) is 56.5 cm³/mol. The van der Waals surface area contributed by atoms with Gasteiger partial charge in [0.15, 0.2) is 0 Å². The van der Waals surface area contributed by atoms with Gasteiger partial charge in [-0.05, 0) is 18.6 Å². The molecule has 3 heteroatoms. The fraction of sp³-hybridized carbons (Fsp3) is 0.333. The van der Waals surface area contributed by atoms with Crippen LogP contribution in [0.5, 0.6) is 0 Å². The number of hydrogen-bond acceptors (Lipinski definition) is 0. The van der Waals surface area contributed by atoms with E-state index in [1.54, 1.807) is 0 Å². The van der Waals surface area contributed by atoms with Gasteiger partial charge in [0.2, 0.25) is 0 Å². The van der Waals surface area contributed by atoms with Crippen LogP contribution in [0.4, 0.5) is 4.39 Å². The van der Waals surface area contributed by atoms with Crippen LogP contribution in [0.15, 0.2) is 22.7 Å². The maximum Gasteiger partial charge on any atom is 0.136 e. The smallest absolute Gasteiger partial charge is 0.136 e. The number of alkyl halides is 2. The van der Waals surface area contributed by atoms with E-state index >= 15 is 0 Å². The van der Waals surface area contributed by atoms with Gasteiger partial charge in [-0.25, -0.2) is 4.39 Å². The molecule has 1 aromatic carbocycles. The average molecular weight is 296 g/mol. The first-order valence-corrected chi connectivity index (χ1v) is 5.52. The summed E-state index contributed by atoms with van der Waals surface area (Å²) in [6.07, 6.45) is -0.931. The SMILES string of the molecule is Cc1ccc(C(F)CBr)c(Br)c1. The monoisotopic (exact) mass is 294 g/mol. The quantitative estimate of drug-likeness (QED) is 0.719. The Morgan fingerprint density at radius 3 is 2.67 bits per heavy atom. The minimum Gasteiger partial charge on any atom is -0.241 e. The van der Waals surface area contributed by atoms with Gasteiger partial charge in [0.05, 0.1) is 0 Å². The molecule has 0 heterocycles. The van der Waals surface area contributed by atoms with Gasteiger partial charge in [0.1, 0.15) is 6.17 Å². The Morgan fingerprint density at radius 2 is 2.17 bits per heavy atom. The molecule has 0 nitrogen and oxygen atoms in total. The summed E-state index contributed by atoms with van der Waals surface area (Å²) in [5.41, 5.74) is 1.84. The molecule has 0 amide bonds. The zero-order valence-electron chi connectivity index (χ0n) is 6.65. The summed E-state index contributed by atoms with van der Waals surface area (Å²) in [6, 6.07) is 5.64. The number of benzene rings is 1. The molecule has 1 aromatic rings. The van der Waals surface area contributed by atoms with Crippen LogP contribution in [0.25, 0.3) is 0 Å². The second-order valence-electron chi connectivity index (χ2n) is 2.65. The fourth-order valence-corrected chi connectivity index (χ4v) is 2.06. The fourth-order valence-electron chi connectivity index (χ4n) is 0.969. The Morgan fingerprint density at radius 1 is 1.50 bits per heavy atom. The van der Waals surface area contributed by atoms with E-state index in [4.69, 9.17) is 0 Å². The highest BCUT2D eigenvalue weighted by Crippen LogP contribution is 2.28. The molecular formula is C9H9Br2F. The van der Waals surface area contributed by atoms with Crippen LogP contribution in [0.1, 0.15) is 17.3 Å². The first kappa shape index (κ1) is 10.2. The van der Waals surface area contributed by atoms with Crippen molar-refractivity contribution in [3.05, 3.63) is 33.8 Å². The van der Waals surface area contributed by atoms with E-state index in [1.165, 1.54) is 0 Å². The van der Waals surface area contributed by atoms with Crippen molar-refractivity contribution < 1.29 is 4.39 Å². The van der Waals surface area contributed by atoms with E-state index in [2.05, 4.69) is 31.9 Å². The van der Waals surface area contributed by atoms with Gasteiger partial charge in [0.25, 0.3) is 0 Å². The van der Waals surface area contributed by atoms with Crippen molar-refractivity contribution in [2.24, 2.45) is 0 Å². The summed E-state index contributed by atoms with van der Waals surface area (Å²) in [5, 5.41) is 0.342. The summed E-state index contributed by atoms with van der Waals surface area (Å²) in [4.78, 5) is 0. The van der Waals surface area contributed by atoms with Gasteiger partial charge < -0.3 is 0 Å². The summed E-state index contributed by atoms with van der Waals surface area (Å²) < 4.78 is 14.0. The van der Waals surface area contributed by atoms with Gasteiger partial charge in [-0.2, -0.15) is 0 Å². The number of halogens is 3. The molecule has 0 spiro atoms. The summed E-state index contributed by atoms with van der Waals surface area (Å²) in [7, 11) is 0. The Hall–Kier alpha value is 0.110. The van der Waals surface area contributed by atoms with Crippen LogP contribution in [0.2, 0.25) is 0 Å². The molecule has 12 heavy (non-hydrogen) atoms. The summed E-state index contributed by atoms with van der Waals surface area (Å²) >= 11 is 6.44. The lowest BCUT2D eigenvalue weighted by molar-refractivity contribution is 0.381. The molecule has 0 fully saturated rings. The van der Waals surface area contributed by atoms with E-state index in [9.17, 15) is 4.39 Å². The molecule has 1 atom stereocenters. The van der Waals surface area contributed by atoms with Crippen molar-refractivity contribution in [3.8, 4) is 0 Å². The highest BCUT2D eigenvalue weighted by atomic mass is 79.9. The van der Waals surface area contributed by atoms with Crippen LogP contribution < -0.4 is 0 Å². The third-order valence-electron chi connectivity index (χ3n) is 1.63. The van der Waals surface area contributed by atoms with Crippen molar-refractivity contribution in [1.29, 1.82) is 0 Å². The van der Waals surface area contributed by atoms with Crippen molar-refractivity contribution in [3.63, 3.8) is 0 Å². The Balaban J connectivity index is 3.01. The highest BCUT2D eigenvalue weighted by molar-refractivity contribution is 9.10. The summed E-state index contributed by atoms with van der Waals surface area (Å²) in [5.74, 6) is 0. The topological polar surface area (TPSA) is 0 Å².